The van der Waals surface area contributed by atoms with Crippen LogP contribution < -0.4 is 0 Å². The van der Waals surface area contributed by atoms with Crippen molar-refractivity contribution >= 4 is 27.8 Å². The number of nitrogens with zero attached hydrogens (tertiary/aromatic N) is 6. The molecule has 0 aliphatic carbocycles. The number of amides is 1. The predicted molar refractivity (Wildman–Crippen MR) is 115 cm³/mol. The van der Waals surface area contributed by atoms with Crippen molar-refractivity contribution in [1.82, 2.24) is 34.8 Å². The van der Waals surface area contributed by atoms with Crippen LogP contribution in [0.15, 0.2) is 54.9 Å². The summed E-state index contributed by atoms with van der Waals surface area (Å²) in [5, 5.41) is 13.3. The van der Waals surface area contributed by atoms with Crippen molar-refractivity contribution in [3.63, 3.8) is 0 Å². The van der Waals surface area contributed by atoms with E-state index in [1.165, 1.54) is 0 Å². The van der Waals surface area contributed by atoms with E-state index in [2.05, 4.69) is 15.3 Å². The lowest BCUT2D eigenvalue weighted by molar-refractivity contribution is 0.0827. The number of hydrogen-bond acceptors (Lipinski definition) is 5. The molecule has 0 aliphatic rings. The summed E-state index contributed by atoms with van der Waals surface area (Å²) in [6, 6.07) is 13.4. The molecule has 0 aliphatic heterocycles. The number of aromatic amines is 1. The Balaban J connectivity index is 1.71. The predicted octanol–water partition coefficient (Wildman–Crippen LogP) is 3.28. The van der Waals surface area contributed by atoms with Crippen LogP contribution in [-0.2, 0) is 7.05 Å². The standard InChI is InChI=1S/C22H19N7O/c1-28(2)22(30)14-9-7-13(8-10-14)19-17-12-24-29(3)21(17)26-20(25-19)15-5-4-6-18-16(15)11-23-27-18/h4-12H,1-3H3,(H,23,27). The molecule has 0 fully saturated rings. The molecule has 1 amide bonds. The molecule has 2 aromatic carbocycles. The maximum atomic E-state index is 12.2. The highest BCUT2D eigenvalue weighted by Crippen LogP contribution is 2.31. The van der Waals surface area contributed by atoms with Gasteiger partial charge >= 0.3 is 0 Å². The molecule has 8 nitrogen and oxygen atoms in total. The fourth-order valence-corrected chi connectivity index (χ4v) is 3.55. The van der Waals surface area contributed by atoms with Crippen molar-refractivity contribution in [3.05, 3.63) is 60.4 Å². The molecule has 148 valence electrons. The summed E-state index contributed by atoms with van der Waals surface area (Å²) in [6.07, 6.45) is 3.55. The number of carbonyl (C=O) groups is 1. The molecule has 0 unspecified atom stereocenters. The Morgan fingerprint density at radius 1 is 1.00 bits per heavy atom. The minimum Gasteiger partial charge on any atom is -0.345 e. The average Bonchev–Trinajstić information content (AvgIpc) is 3.39. The Labute approximate surface area is 172 Å². The van der Waals surface area contributed by atoms with E-state index in [-0.39, 0.29) is 5.91 Å². The van der Waals surface area contributed by atoms with Gasteiger partial charge in [0.2, 0.25) is 0 Å². The summed E-state index contributed by atoms with van der Waals surface area (Å²) in [5.41, 5.74) is 4.85. The number of aryl methyl sites for hydroxylation is 1. The third kappa shape index (κ3) is 2.81. The Morgan fingerprint density at radius 3 is 2.57 bits per heavy atom. The number of benzene rings is 2. The molecular formula is C22H19N7O. The van der Waals surface area contributed by atoms with Crippen LogP contribution in [0.3, 0.4) is 0 Å². The van der Waals surface area contributed by atoms with Gasteiger partial charge in [-0.05, 0) is 18.2 Å². The maximum absolute atomic E-state index is 12.2. The summed E-state index contributed by atoms with van der Waals surface area (Å²) in [5.74, 6) is 0.560. The van der Waals surface area contributed by atoms with Gasteiger partial charge in [0.15, 0.2) is 11.5 Å². The minimum atomic E-state index is -0.0388. The lowest BCUT2D eigenvalue weighted by Crippen LogP contribution is -2.21. The van der Waals surface area contributed by atoms with Crippen LogP contribution >= 0.6 is 0 Å². The first-order chi connectivity index (χ1) is 14.5. The van der Waals surface area contributed by atoms with Gasteiger partial charge < -0.3 is 4.90 Å². The smallest absolute Gasteiger partial charge is 0.253 e. The highest BCUT2D eigenvalue weighted by molar-refractivity contribution is 5.97. The van der Waals surface area contributed by atoms with Gasteiger partial charge in [-0.25, -0.2) is 9.97 Å². The quantitative estimate of drug-likeness (QED) is 0.504. The van der Waals surface area contributed by atoms with Crippen LogP contribution in [0, 0.1) is 0 Å². The molecular weight excluding hydrogens is 378 g/mol. The second-order valence-electron chi connectivity index (χ2n) is 7.32. The van der Waals surface area contributed by atoms with Crippen molar-refractivity contribution < 1.29 is 4.79 Å². The van der Waals surface area contributed by atoms with E-state index >= 15 is 0 Å². The highest BCUT2D eigenvalue weighted by Gasteiger charge is 2.17. The Morgan fingerprint density at radius 2 is 1.80 bits per heavy atom. The second-order valence-corrected chi connectivity index (χ2v) is 7.32. The zero-order valence-corrected chi connectivity index (χ0v) is 16.8. The molecule has 0 radical (unpaired) electrons. The molecule has 0 atom stereocenters. The number of carbonyl (C=O) groups excluding carboxylic acids is 1. The van der Waals surface area contributed by atoms with Crippen LogP contribution in [0.1, 0.15) is 10.4 Å². The average molecular weight is 397 g/mol. The number of aromatic nitrogens is 6. The Bertz CT molecular complexity index is 1400. The fraction of sp³-hybridized carbons (Fsp3) is 0.136. The molecule has 0 spiro atoms. The van der Waals surface area contributed by atoms with Crippen LogP contribution in [0.5, 0.6) is 0 Å². The SMILES string of the molecule is CN(C)C(=O)c1ccc(-c2nc(-c3cccc4[nH]ncc34)nc3c2cnn3C)cc1. The van der Waals surface area contributed by atoms with Crippen molar-refractivity contribution in [2.45, 2.75) is 0 Å². The van der Waals surface area contributed by atoms with Gasteiger partial charge in [0.05, 0.1) is 29.0 Å². The molecule has 3 aromatic heterocycles. The van der Waals surface area contributed by atoms with Crippen LogP contribution in [0.25, 0.3) is 44.6 Å². The van der Waals surface area contributed by atoms with E-state index in [0.29, 0.717) is 11.4 Å². The van der Waals surface area contributed by atoms with Gasteiger partial charge in [-0.15, -0.1) is 0 Å². The van der Waals surface area contributed by atoms with Crippen molar-refractivity contribution in [1.29, 1.82) is 0 Å². The zero-order valence-electron chi connectivity index (χ0n) is 16.8. The van der Waals surface area contributed by atoms with Crippen molar-refractivity contribution in [2.24, 2.45) is 7.05 Å². The summed E-state index contributed by atoms with van der Waals surface area (Å²) in [7, 11) is 5.34. The normalized spacial score (nSPS) is 11.3. The van der Waals surface area contributed by atoms with E-state index < -0.39 is 0 Å². The van der Waals surface area contributed by atoms with Gasteiger partial charge in [0, 0.05) is 43.2 Å². The monoisotopic (exact) mass is 397 g/mol. The van der Waals surface area contributed by atoms with Crippen LogP contribution in [0.4, 0.5) is 0 Å². The zero-order chi connectivity index (χ0) is 20.8. The number of hydrogen-bond donors (Lipinski definition) is 1. The summed E-state index contributed by atoms with van der Waals surface area (Å²) in [6.45, 7) is 0. The third-order valence-corrected chi connectivity index (χ3v) is 5.13. The molecule has 0 saturated carbocycles. The van der Waals surface area contributed by atoms with E-state index in [1.807, 2.05) is 49.5 Å². The van der Waals surface area contributed by atoms with Crippen molar-refractivity contribution in [2.75, 3.05) is 14.1 Å². The van der Waals surface area contributed by atoms with Gasteiger partial charge in [0.1, 0.15) is 0 Å². The van der Waals surface area contributed by atoms with Crippen molar-refractivity contribution in [3.8, 4) is 22.6 Å². The van der Waals surface area contributed by atoms with E-state index in [1.54, 1.807) is 36.1 Å². The van der Waals surface area contributed by atoms with Crippen LogP contribution in [0.2, 0.25) is 0 Å². The molecule has 5 rings (SSSR count). The molecule has 3 heterocycles. The second kappa shape index (κ2) is 6.77. The summed E-state index contributed by atoms with van der Waals surface area (Å²) < 4.78 is 1.74. The fourth-order valence-electron chi connectivity index (χ4n) is 3.55. The van der Waals surface area contributed by atoms with Gasteiger partial charge in [-0.2, -0.15) is 10.2 Å². The summed E-state index contributed by atoms with van der Waals surface area (Å²) in [4.78, 5) is 23.5. The molecule has 8 heteroatoms. The largest absolute Gasteiger partial charge is 0.345 e. The van der Waals surface area contributed by atoms with E-state index in [9.17, 15) is 4.79 Å². The third-order valence-electron chi connectivity index (χ3n) is 5.13. The van der Waals surface area contributed by atoms with Crippen LogP contribution in [-0.4, -0.2) is 54.8 Å². The Kier molecular flexibility index (Phi) is 4.06. The number of fused-ring (bicyclic) bond motifs is 2. The summed E-state index contributed by atoms with van der Waals surface area (Å²) >= 11 is 0. The number of rotatable bonds is 3. The first kappa shape index (κ1) is 18.0. The topological polar surface area (TPSA) is 92.6 Å². The molecule has 30 heavy (non-hydrogen) atoms. The molecule has 0 saturated heterocycles. The maximum Gasteiger partial charge on any atom is 0.253 e. The van der Waals surface area contributed by atoms with E-state index in [4.69, 9.17) is 9.97 Å². The number of nitrogens with one attached hydrogen (secondary N) is 1. The Hall–Kier alpha value is -4.07. The first-order valence-corrected chi connectivity index (χ1v) is 9.47. The highest BCUT2D eigenvalue weighted by atomic mass is 16.2. The number of H-pyrrole nitrogens is 1. The minimum absolute atomic E-state index is 0.0388. The molecule has 0 bridgehead atoms. The molecule has 1 N–H and O–H groups in total. The van der Waals surface area contributed by atoms with Gasteiger partial charge in [0.25, 0.3) is 5.91 Å². The van der Waals surface area contributed by atoms with E-state index in [0.717, 1.165) is 38.8 Å². The van der Waals surface area contributed by atoms with Gasteiger partial charge in [-0.1, -0.05) is 24.3 Å². The molecule has 5 aromatic rings. The first-order valence-electron chi connectivity index (χ1n) is 9.47. The van der Waals surface area contributed by atoms with Gasteiger partial charge in [-0.3, -0.25) is 14.6 Å². The lowest BCUT2D eigenvalue weighted by atomic mass is 10.1. The lowest BCUT2D eigenvalue weighted by Gasteiger charge is -2.11.